The molecule has 0 aliphatic carbocycles. The molecule has 0 aromatic heterocycles. The Bertz CT molecular complexity index is 800. The fourth-order valence-corrected chi connectivity index (χ4v) is 4.39. The summed E-state index contributed by atoms with van der Waals surface area (Å²) in [6.07, 6.45) is 3.06. The Morgan fingerprint density at radius 2 is 1.86 bits per heavy atom. The molecule has 8 nitrogen and oxygen atoms in total. The van der Waals surface area contributed by atoms with Gasteiger partial charge in [0.25, 0.3) is 0 Å². The van der Waals surface area contributed by atoms with Crippen molar-refractivity contribution in [3.63, 3.8) is 0 Å². The van der Waals surface area contributed by atoms with Crippen LogP contribution in [-0.4, -0.2) is 65.7 Å². The van der Waals surface area contributed by atoms with Gasteiger partial charge in [0.15, 0.2) is 11.5 Å². The number of carboxylic acids is 1. The number of rotatable bonds is 4. The summed E-state index contributed by atoms with van der Waals surface area (Å²) in [6.45, 7) is 1.72. The molecule has 3 aliphatic heterocycles. The van der Waals surface area contributed by atoms with Gasteiger partial charge in [-0.05, 0) is 42.4 Å². The first-order chi connectivity index (χ1) is 13.4. The predicted octanol–water partition coefficient (Wildman–Crippen LogP) is 1.27. The van der Waals surface area contributed by atoms with Crippen molar-refractivity contribution in [2.24, 2.45) is 5.41 Å². The van der Waals surface area contributed by atoms with Crippen molar-refractivity contribution in [1.82, 2.24) is 9.80 Å². The quantitative estimate of drug-likeness (QED) is 0.835. The zero-order chi connectivity index (χ0) is 19.7. The van der Waals surface area contributed by atoms with Crippen LogP contribution in [0.1, 0.15) is 31.2 Å². The predicted molar refractivity (Wildman–Crippen MR) is 98.0 cm³/mol. The molecule has 28 heavy (non-hydrogen) atoms. The summed E-state index contributed by atoms with van der Waals surface area (Å²) in [6, 6.07) is 5.56. The van der Waals surface area contributed by atoms with Gasteiger partial charge in [-0.2, -0.15) is 0 Å². The fourth-order valence-electron chi connectivity index (χ4n) is 4.39. The molecule has 4 rings (SSSR count). The van der Waals surface area contributed by atoms with Gasteiger partial charge in [0.1, 0.15) is 6.54 Å². The third-order valence-electron chi connectivity index (χ3n) is 6.04. The number of benzene rings is 1. The van der Waals surface area contributed by atoms with Crippen LogP contribution in [0.5, 0.6) is 11.5 Å². The van der Waals surface area contributed by atoms with Crippen molar-refractivity contribution in [3.8, 4) is 11.5 Å². The maximum atomic E-state index is 12.7. The lowest BCUT2D eigenvalue weighted by molar-refractivity contribution is -0.150. The van der Waals surface area contributed by atoms with E-state index in [-0.39, 0.29) is 30.6 Å². The standard InChI is InChI=1S/C20H24N2O6/c23-17-3-4-20(12-22(17)11-19(25)26)5-7-21(8-6-20)18(24)10-14-1-2-15-16(9-14)28-13-27-15/h1-2,9H,3-8,10-13H2,(H,25,26). The van der Waals surface area contributed by atoms with E-state index in [1.807, 2.05) is 23.1 Å². The van der Waals surface area contributed by atoms with E-state index in [1.165, 1.54) is 4.90 Å². The van der Waals surface area contributed by atoms with Crippen LogP contribution in [0.2, 0.25) is 0 Å². The van der Waals surface area contributed by atoms with E-state index >= 15 is 0 Å². The van der Waals surface area contributed by atoms with E-state index in [4.69, 9.17) is 14.6 Å². The summed E-state index contributed by atoms with van der Waals surface area (Å²) in [5.41, 5.74) is 0.823. The number of fused-ring (bicyclic) bond motifs is 1. The van der Waals surface area contributed by atoms with E-state index in [2.05, 4.69) is 0 Å². The molecule has 8 heteroatoms. The number of nitrogens with zero attached hydrogens (tertiary/aromatic N) is 2. The van der Waals surface area contributed by atoms with Gasteiger partial charge >= 0.3 is 5.97 Å². The van der Waals surface area contributed by atoms with Crippen LogP contribution in [0.4, 0.5) is 0 Å². The molecule has 0 bridgehead atoms. The van der Waals surface area contributed by atoms with Gasteiger partial charge in [-0.15, -0.1) is 0 Å². The van der Waals surface area contributed by atoms with Gasteiger partial charge in [0.2, 0.25) is 18.6 Å². The molecule has 0 atom stereocenters. The van der Waals surface area contributed by atoms with Crippen LogP contribution in [-0.2, 0) is 20.8 Å². The Morgan fingerprint density at radius 1 is 1.11 bits per heavy atom. The number of carbonyl (C=O) groups is 3. The van der Waals surface area contributed by atoms with Gasteiger partial charge in [0.05, 0.1) is 6.42 Å². The molecule has 1 aromatic rings. The summed E-state index contributed by atoms with van der Waals surface area (Å²) in [7, 11) is 0. The van der Waals surface area contributed by atoms with Gasteiger partial charge in [-0.3, -0.25) is 14.4 Å². The molecule has 150 valence electrons. The van der Waals surface area contributed by atoms with Gasteiger partial charge < -0.3 is 24.4 Å². The van der Waals surface area contributed by atoms with E-state index in [0.717, 1.165) is 24.8 Å². The van der Waals surface area contributed by atoms with Crippen molar-refractivity contribution in [2.75, 3.05) is 33.0 Å². The van der Waals surface area contributed by atoms with Crippen LogP contribution >= 0.6 is 0 Å². The van der Waals surface area contributed by atoms with Gasteiger partial charge in [0, 0.05) is 26.1 Å². The van der Waals surface area contributed by atoms with Crippen molar-refractivity contribution in [1.29, 1.82) is 0 Å². The first-order valence-corrected chi connectivity index (χ1v) is 9.60. The van der Waals surface area contributed by atoms with E-state index in [1.54, 1.807) is 0 Å². The summed E-state index contributed by atoms with van der Waals surface area (Å²) in [5, 5.41) is 9.02. The maximum Gasteiger partial charge on any atom is 0.323 e. The Balaban J connectivity index is 1.34. The Hall–Kier alpha value is -2.77. The van der Waals surface area contributed by atoms with Crippen LogP contribution in [0.15, 0.2) is 18.2 Å². The number of likely N-dealkylation sites (tertiary alicyclic amines) is 2. The lowest BCUT2D eigenvalue weighted by Gasteiger charge is -2.47. The molecule has 2 amide bonds. The molecular formula is C20H24N2O6. The largest absolute Gasteiger partial charge is 0.480 e. The second-order valence-corrected chi connectivity index (χ2v) is 7.89. The highest BCUT2D eigenvalue weighted by Gasteiger charge is 2.42. The number of ether oxygens (including phenoxy) is 2. The molecule has 2 fully saturated rings. The first kappa shape index (κ1) is 18.6. The molecule has 3 aliphatic rings. The van der Waals surface area contributed by atoms with E-state index in [9.17, 15) is 14.4 Å². The van der Waals surface area contributed by atoms with Gasteiger partial charge in [-0.1, -0.05) is 6.07 Å². The normalized spacial score (nSPS) is 20.5. The molecule has 1 N–H and O–H groups in total. The minimum atomic E-state index is -0.985. The number of amides is 2. The number of piperidine rings is 2. The highest BCUT2D eigenvalue weighted by molar-refractivity contribution is 5.82. The summed E-state index contributed by atoms with van der Waals surface area (Å²) in [5.74, 6) is 0.376. The molecule has 2 saturated heterocycles. The molecule has 3 heterocycles. The van der Waals surface area contributed by atoms with Crippen molar-refractivity contribution in [2.45, 2.75) is 32.1 Å². The minimum absolute atomic E-state index is 0.0705. The molecule has 0 radical (unpaired) electrons. The molecule has 1 aromatic carbocycles. The number of aliphatic carboxylic acids is 1. The second kappa shape index (κ2) is 7.33. The fraction of sp³-hybridized carbons (Fsp3) is 0.550. The smallest absolute Gasteiger partial charge is 0.323 e. The van der Waals surface area contributed by atoms with E-state index in [0.29, 0.717) is 44.0 Å². The lowest BCUT2D eigenvalue weighted by Crippen LogP contribution is -2.53. The second-order valence-electron chi connectivity index (χ2n) is 7.89. The monoisotopic (exact) mass is 388 g/mol. The highest BCUT2D eigenvalue weighted by atomic mass is 16.7. The number of carboxylic acid groups (broad SMARTS) is 1. The van der Waals surface area contributed by atoms with Crippen molar-refractivity contribution < 1.29 is 29.0 Å². The molecule has 1 spiro atoms. The number of hydrogen-bond donors (Lipinski definition) is 1. The zero-order valence-corrected chi connectivity index (χ0v) is 15.7. The summed E-state index contributed by atoms with van der Waals surface area (Å²) in [4.78, 5) is 39.0. The average Bonchev–Trinajstić information content (AvgIpc) is 3.13. The average molecular weight is 388 g/mol. The zero-order valence-electron chi connectivity index (χ0n) is 15.7. The topological polar surface area (TPSA) is 96.4 Å². The number of hydrogen-bond acceptors (Lipinski definition) is 5. The molecular weight excluding hydrogens is 364 g/mol. The van der Waals surface area contributed by atoms with Crippen LogP contribution in [0.3, 0.4) is 0 Å². The third-order valence-corrected chi connectivity index (χ3v) is 6.04. The maximum absolute atomic E-state index is 12.7. The molecule has 0 unspecified atom stereocenters. The lowest BCUT2D eigenvalue weighted by atomic mass is 9.72. The van der Waals surface area contributed by atoms with Crippen molar-refractivity contribution in [3.05, 3.63) is 23.8 Å². The van der Waals surface area contributed by atoms with Crippen molar-refractivity contribution >= 4 is 17.8 Å². The Kier molecular flexibility index (Phi) is 4.87. The van der Waals surface area contributed by atoms with Crippen LogP contribution in [0.25, 0.3) is 0 Å². The Labute approximate surface area is 163 Å². The molecule has 0 saturated carbocycles. The van der Waals surface area contributed by atoms with Gasteiger partial charge in [-0.25, -0.2) is 0 Å². The van der Waals surface area contributed by atoms with E-state index < -0.39 is 5.97 Å². The SMILES string of the molecule is O=C(O)CN1CC2(CCC1=O)CCN(C(=O)Cc1ccc3c(c1)OCO3)CC2. The third kappa shape index (κ3) is 3.76. The van der Waals surface area contributed by atoms with Crippen LogP contribution in [0, 0.1) is 5.41 Å². The summed E-state index contributed by atoms with van der Waals surface area (Å²) >= 11 is 0. The number of carbonyl (C=O) groups excluding carboxylic acids is 2. The highest BCUT2D eigenvalue weighted by Crippen LogP contribution is 2.40. The van der Waals surface area contributed by atoms with Crippen LogP contribution < -0.4 is 9.47 Å². The minimum Gasteiger partial charge on any atom is -0.480 e. The Morgan fingerprint density at radius 3 is 2.61 bits per heavy atom. The summed E-state index contributed by atoms with van der Waals surface area (Å²) < 4.78 is 10.7. The first-order valence-electron chi connectivity index (χ1n) is 9.60.